The largest absolute Gasteiger partial charge is 0.478 e. The molecular weight excluding hydrogens is 294 g/mol. The fourth-order valence-corrected chi connectivity index (χ4v) is 4.60. The molecule has 1 N–H and O–H groups in total. The summed E-state index contributed by atoms with van der Waals surface area (Å²) in [6, 6.07) is 3.61. The first-order valence-corrected chi connectivity index (χ1v) is 8.36. The fraction of sp³-hybridized carbons (Fsp3) is 0.588. The fourth-order valence-electron chi connectivity index (χ4n) is 4.60. The van der Waals surface area contributed by atoms with Gasteiger partial charge in [-0.05, 0) is 43.2 Å². The first-order chi connectivity index (χ1) is 11.1. The maximum absolute atomic E-state index is 12.2. The van der Waals surface area contributed by atoms with Crippen molar-refractivity contribution in [3.05, 3.63) is 23.9 Å². The minimum absolute atomic E-state index is 0.268. The van der Waals surface area contributed by atoms with Gasteiger partial charge in [0.15, 0.2) is 0 Å². The van der Waals surface area contributed by atoms with Gasteiger partial charge in [0.25, 0.3) is 0 Å². The molecule has 3 atom stereocenters. The first-order valence-electron chi connectivity index (χ1n) is 8.36. The van der Waals surface area contributed by atoms with Crippen LogP contribution in [0.15, 0.2) is 18.3 Å². The van der Waals surface area contributed by atoms with Crippen LogP contribution >= 0.6 is 0 Å². The molecule has 4 rings (SSSR count). The lowest BCUT2D eigenvalue weighted by atomic mass is 9.76. The van der Waals surface area contributed by atoms with E-state index in [4.69, 9.17) is 0 Å². The molecule has 0 aromatic carbocycles. The van der Waals surface area contributed by atoms with Crippen LogP contribution in [0.5, 0.6) is 0 Å². The van der Waals surface area contributed by atoms with E-state index in [2.05, 4.69) is 14.8 Å². The first kappa shape index (κ1) is 14.5. The van der Waals surface area contributed by atoms with Gasteiger partial charge in [0, 0.05) is 38.3 Å². The summed E-state index contributed by atoms with van der Waals surface area (Å²) in [4.78, 5) is 32.2. The van der Waals surface area contributed by atoms with E-state index in [1.165, 1.54) is 0 Å². The van der Waals surface area contributed by atoms with Gasteiger partial charge in [-0.2, -0.15) is 0 Å². The van der Waals surface area contributed by atoms with Crippen LogP contribution in [-0.4, -0.2) is 52.5 Å². The molecule has 0 saturated carbocycles. The molecule has 6 heteroatoms. The Balaban J connectivity index is 1.61. The second-order valence-electron chi connectivity index (χ2n) is 6.95. The highest BCUT2D eigenvalue weighted by Crippen LogP contribution is 2.39. The number of amides is 1. The molecule has 1 aromatic heterocycles. The molecule has 0 radical (unpaired) electrons. The molecule has 3 aliphatic heterocycles. The lowest BCUT2D eigenvalue weighted by molar-refractivity contribution is -0.142. The second-order valence-corrected chi connectivity index (χ2v) is 6.95. The predicted octanol–water partition coefficient (Wildman–Crippen LogP) is 1.62. The van der Waals surface area contributed by atoms with E-state index in [9.17, 15) is 14.7 Å². The monoisotopic (exact) mass is 315 g/mol. The van der Waals surface area contributed by atoms with E-state index in [0.29, 0.717) is 36.0 Å². The van der Waals surface area contributed by atoms with Gasteiger partial charge < -0.3 is 14.9 Å². The average Bonchev–Trinajstić information content (AvgIpc) is 2.56. The highest BCUT2D eigenvalue weighted by atomic mass is 16.4. The smallest absolute Gasteiger partial charge is 0.339 e. The number of hydrogen-bond acceptors (Lipinski definition) is 4. The lowest BCUT2D eigenvalue weighted by Crippen LogP contribution is -2.60. The summed E-state index contributed by atoms with van der Waals surface area (Å²) < 4.78 is 0. The molecule has 3 saturated heterocycles. The van der Waals surface area contributed by atoms with Crippen LogP contribution in [0.3, 0.4) is 0 Å². The summed E-state index contributed by atoms with van der Waals surface area (Å²) >= 11 is 0. The number of carbonyl (C=O) groups excluding carboxylic acids is 1. The zero-order valence-electron chi connectivity index (χ0n) is 13.0. The van der Waals surface area contributed by atoms with Crippen molar-refractivity contribution in [3.63, 3.8) is 0 Å². The molecule has 1 aromatic rings. The number of anilines is 1. The number of aromatic carboxylic acids is 1. The maximum atomic E-state index is 12.2. The van der Waals surface area contributed by atoms with Gasteiger partial charge in [-0.15, -0.1) is 0 Å². The third kappa shape index (κ3) is 2.46. The predicted molar refractivity (Wildman–Crippen MR) is 84.4 cm³/mol. The Morgan fingerprint density at radius 3 is 3.00 bits per heavy atom. The number of aromatic nitrogens is 1. The van der Waals surface area contributed by atoms with Crippen molar-refractivity contribution in [1.29, 1.82) is 0 Å². The van der Waals surface area contributed by atoms with Gasteiger partial charge in [-0.25, -0.2) is 9.78 Å². The minimum Gasteiger partial charge on any atom is -0.478 e. The normalized spacial score (nSPS) is 30.1. The van der Waals surface area contributed by atoms with E-state index in [1.54, 1.807) is 18.3 Å². The lowest BCUT2D eigenvalue weighted by Gasteiger charge is -2.52. The molecule has 2 bridgehead atoms. The molecule has 23 heavy (non-hydrogen) atoms. The van der Waals surface area contributed by atoms with E-state index < -0.39 is 5.97 Å². The van der Waals surface area contributed by atoms with Crippen molar-refractivity contribution < 1.29 is 14.7 Å². The van der Waals surface area contributed by atoms with Crippen molar-refractivity contribution in [1.82, 2.24) is 9.88 Å². The zero-order valence-corrected chi connectivity index (χ0v) is 13.0. The SMILES string of the molecule is O=C(O)c1cccnc1N1C[C@H]2C[C@@H](C1)[C@@H]1CCCC(=O)N1C2. The molecular formula is C17H21N3O3. The maximum Gasteiger partial charge on any atom is 0.339 e. The van der Waals surface area contributed by atoms with E-state index in [0.717, 1.165) is 38.9 Å². The van der Waals surface area contributed by atoms with Gasteiger partial charge in [0.1, 0.15) is 11.4 Å². The van der Waals surface area contributed by atoms with E-state index >= 15 is 0 Å². The molecule has 1 amide bonds. The van der Waals surface area contributed by atoms with Gasteiger partial charge in [-0.1, -0.05) is 0 Å². The summed E-state index contributed by atoms with van der Waals surface area (Å²) in [7, 11) is 0. The summed E-state index contributed by atoms with van der Waals surface area (Å²) in [5.41, 5.74) is 0.268. The number of piperidine rings is 3. The molecule has 122 valence electrons. The number of rotatable bonds is 2. The molecule has 6 nitrogen and oxygen atoms in total. The van der Waals surface area contributed by atoms with Crippen molar-refractivity contribution in [3.8, 4) is 0 Å². The van der Waals surface area contributed by atoms with Gasteiger partial charge in [0.05, 0.1) is 0 Å². The Morgan fingerprint density at radius 1 is 1.30 bits per heavy atom. The number of nitrogens with zero attached hydrogens (tertiary/aromatic N) is 3. The minimum atomic E-state index is -0.932. The number of carboxylic acid groups (broad SMARTS) is 1. The zero-order chi connectivity index (χ0) is 16.0. The molecule has 4 heterocycles. The summed E-state index contributed by atoms with van der Waals surface area (Å²) in [6.45, 7) is 2.39. The van der Waals surface area contributed by atoms with E-state index in [1.807, 2.05) is 0 Å². The number of fused-ring (bicyclic) bond motifs is 4. The van der Waals surface area contributed by atoms with E-state index in [-0.39, 0.29) is 5.56 Å². The summed E-state index contributed by atoms with van der Waals surface area (Å²) in [5, 5.41) is 9.40. The Morgan fingerprint density at radius 2 is 2.17 bits per heavy atom. The third-order valence-corrected chi connectivity index (χ3v) is 5.50. The molecule has 0 spiro atoms. The Kier molecular flexibility index (Phi) is 3.47. The second kappa shape index (κ2) is 5.51. The highest BCUT2D eigenvalue weighted by Gasteiger charge is 2.44. The molecule has 0 aliphatic carbocycles. The van der Waals surface area contributed by atoms with Crippen LogP contribution in [0, 0.1) is 11.8 Å². The quantitative estimate of drug-likeness (QED) is 0.897. The van der Waals surface area contributed by atoms with Gasteiger partial charge >= 0.3 is 5.97 Å². The van der Waals surface area contributed by atoms with Crippen LogP contribution in [0.2, 0.25) is 0 Å². The Hall–Kier alpha value is -2.11. The highest BCUT2D eigenvalue weighted by molar-refractivity contribution is 5.93. The van der Waals surface area contributed by atoms with Crippen LogP contribution in [-0.2, 0) is 4.79 Å². The number of hydrogen-bond donors (Lipinski definition) is 1. The average molecular weight is 315 g/mol. The third-order valence-electron chi connectivity index (χ3n) is 5.50. The Labute approximate surface area is 135 Å². The van der Waals surface area contributed by atoms with Crippen LogP contribution in [0.1, 0.15) is 36.0 Å². The standard InChI is InChI=1S/C17H21N3O3/c21-15-5-1-4-14-12-7-11(9-20(14)15)8-19(10-12)16-13(17(22)23)3-2-6-18-16/h2-3,6,11-12,14H,1,4-5,7-10H2,(H,22,23)/t11-,12+,14+/m1/s1. The van der Waals surface area contributed by atoms with Crippen molar-refractivity contribution >= 4 is 17.7 Å². The van der Waals surface area contributed by atoms with Crippen molar-refractivity contribution in [2.24, 2.45) is 11.8 Å². The summed E-state index contributed by atoms with van der Waals surface area (Å²) in [6.07, 6.45) is 5.53. The van der Waals surface area contributed by atoms with Crippen molar-refractivity contribution in [2.45, 2.75) is 31.7 Å². The number of carbonyl (C=O) groups is 2. The number of carboxylic acids is 1. The van der Waals surface area contributed by atoms with Crippen LogP contribution in [0.4, 0.5) is 5.82 Å². The van der Waals surface area contributed by atoms with Crippen LogP contribution in [0.25, 0.3) is 0 Å². The van der Waals surface area contributed by atoms with Gasteiger partial charge in [-0.3, -0.25) is 4.79 Å². The summed E-state index contributed by atoms with van der Waals surface area (Å²) in [5.74, 6) is 0.781. The molecule has 3 fully saturated rings. The number of pyridine rings is 1. The van der Waals surface area contributed by atoms with Gasteiger partial charge in [0.2, 0.25) is 5.91 Å². The topological polar surface area (TPSA) is 73.7 Å². The van der Waals surface area contributed by atoms with Crippen LogP contribution < -0.4 is 4.90 Å². The Bertz CT molecular complexity index is 648. The molecule has 3 aliphatic rings. The molecule has 0 unspecified atom stereocenters. The van der Waals surface area contributed by atoms with Crippen molar-refractivity contribution in [2.75, 3.05) is 24.5 Å².